The Hall–Kier alpha value is -1.97. The summed E-state index contributed by atoms with van der Waals surface area (Å²) in [5.74, 6) is 0. The maximum Gasteiger partial charge on any atom is 0.296 e. The number of anilines is 1. The van der Waals surface area contributed by atoms with E-state index >= 15 is 0 Å². The molecule has 0 aliphatic carbocycles. The van der Waals surface area contributed by atoms with Crippen molar-refractivity contribution in [3.8, 4) is 6.01 Å². The maximum absolute atomic E-state index is 5.58. The molecule has 2 N–H and O–H groups in total. The lowest BCUT2D eigenvalue weighted by Crippen LogP contribution is -2.00. The number of aryl methyl sites for hydroxylation is 1. The minimum absolute atomic E-state index is 0.505. The molecule has 0 spiro atoms. The average Bonchev–Trinajstić information content (AvgIpc) is 2.63. The number of aromatic nitrogens is 2. The highest BCUT2D eigenvalue weighted by Gasteiger charge is 1.99. The summed E-state index contributed by atoms with van der Waals surface area (Å²) in [7, 11) is 1.89. The van der Waals surface area contributed by atoms with E-state index in [0.29, 0.717) is 12.6 Å². The lowest BCUT2D eigenvalue weighted by atomic mass is 10.2. The van der Waals surface area contributed by atoms with Gasteiger partial charge >= 0.3 is 0 Å². The fourth-order valence-corrected chi connectivity index (χ4v) is 1.25. The molecule has 0 amide bonds. The first kappa shape index (κ1) is 9.58. The molecular weight excluding hydrogens is 190 g/mol. The average molecular weight is 203 g/mol. The van der Waals surface area contributed by atoms with Crippen LogP contribution < -0.4 is 10.5 Å². The van der Waals surface area contributed by atoms with Crippen LogP contribution in [0.1, 0.15) is 5.56 Å². The van der Waals surface area contributed by atoms with E-state index in [0.717, 1.165) is 11.3 Å². The van der Waals surface area contributed by atoms with Gasteiger partial charge in [-0.1, -0.05) is 12.1 Å². The summed E-state index contributed by atoms with van der Waals surface area (Å²) in [5.41, 5.74) is 7.42. The molecule has 0 atom stereocenters. The predicted octanol–water partition coefficient (Wildman–Crippen LogP) is 1.58. The number of hydrogen-bond acceptors (Lipinski definition) is 3. The molecule has 0 aliphatic heterocycles. The van der Waals surface area contributed by atoms with Crippen LogP contribution in [0.4, 0.5) is 5.69 Å². The van der Waals surface area contributed by atoms with Gasteiger partial charge in [0.25, 0.3) is 6.01 Å². The van der Waals surface area contributed by atoms with E-state index in [1.807, 2.05) is 42.1 Å². The summed E-state index contributed by atoms with van der Waals surface area (Å²) < 4.78 is 7.34. The van der Waals surface area contributed by atoms with Gasteiger partial charge in [0.15, 0.2) is 0 Å². The lowest BCUT2D eigenvalue weighted by molar-refractivity contribution is 0.272. The molecule has 1 heterocycles. The van der Waals surface area contributed by atoms with Gasteiger partial charge in [-0.2, -0.15) is 0 Å². The van der Waals surface area contributed by atoms with E-state index in [2.05, 4.69) is 4.98 Å². The SMILES string of the molecule is Cn1ccnc1OCc1ccc(N)cc1. The second-order valence-electron chi connectivity index (χ2n) is 3.35. The highest BCUT2D eigenvalue weighted by molar-refractivity contribution is 5.39. The van der Waals surface area contributed by atoms with E-state index in [1.165, 1.54) is 0 Å². The lowest BCUT2D eigenvalue weighted by Gasteiger charge is -2.05. The highest BCUT2D eigenvalue weighted by Crippen LogP contribution is 2.10. The molecule has 0 saturated carbocycles. The van der Waals surface area contributed by atoms with Gasteiger partial charge in [-0.15, -0.1) is 0 Å². The molecular formula is C11H13N3O. The summed E-state index contributed by atoms with van der Waals surface area (Å²) in [6, 6.07) is 8.22. The van der Waals surface area contributed by atoms with Crippen LogP contribution in [0.5, 0.6) is 6.01 Å². The van der Waals surface area contributed by atoms with Gasteiger partial charge in [-0.3, -0.25) is 0 Å². The maximum atomic E-state index is 5.58. The fourth-order valence-electron chi connectivity index (χ4n) is 1.25. The van der Waals surface area contributed by atoms with E-state index < -0.39 is 0 Å². The summed E-state index contributed by atoms with van der Waals surface area (Å²) in [6.45, 7) is 0.505. The largest absolute Gasteiger partial charge is 0.460 e. The first-order valence-corrected chi connectivity index (χ1v) is 4.70. The Morgan fingerprint density at radius 3 is 2.67 bits per heavy atom. The normalized spacial score (nSPS) is 10.2. The topological polar surface area (TPSA) is 53.1 Å². The molecule has 0 aliphatic rings. The molecule has 2 rings (SSSR count). The predicted molar refractivity (Wildman–Crippen MR) is 58.4 cm³/mol. The van der Waals surface area contributed by atoms with Crippen molar-refractivity contribution in [1.82, 2.24) is 9.55 Å². The molecule has 0 fully saturated rings. The van der Waals surface area contributed by atoms with Crippen LogP contribution in [-0.4, -0.2) is 9.55 Å². The molecule has 4 heteroatoms. The van der Waals surface area contributed by atoms with Crippen molar-refractivity contribution < 1.29 is 4.74 Å². The van der Waals surface area contributed by atoms with Gasteiger partial charge in [-0.05, 0) is 17.7 Å². The van der Waals surface area contributed by atoms with E-state index in [1.54, 1.807) is 6.20 Å². The van der Waals surface area contributed by atoms with Gasteiger partial charge in [0.2, 0.25) is 0 Å². The summed E-state index contributed by atoms with van der Waals surface area (Å²) in [5, 5.41) is 0. The van der Waals surface area contributed by atoms with Crippen LogP contribution in [0.2, 0.25) is 0 Å². The van der Waals surface area contributed by atoms with Crippen molar-refractivity contribution >= 4 is 5.69 Å². The minimum atomic E-state index is 0.505. The molecule has 0 bridgehead atoms. The summed E-state index contributed by atoms with van der Waals surface area (Å²) >= 11 is 0. The Balaban J connectivity index is 1.99. The van der Waals surface area contributed by atoms with Crippen LogP contribution in [0.3, 0.4) is 0 Å². The number of nitrogens with zero attached hydrogens (tertiary/aromatic N) is 2. The summed E-state index contributed by atoms with van der Waals surface area (Å²) in [4.78, 5) is 4.06. The van der Waals surface area contributed by atoms with Crippen LogP contribution in [-0.2, 0) is 13.7 Å². The molecule has 0 saturated heterocycles. The van der Waals surface area contributed by atoms with E-state index in [4.69, 9.17) is 10.5 Å². The summed E-state index contributed by atoms with van der Waals surface area (Å²) in [6.07, 6.45) is 3.55. The third kappa shape index (κ3) is 2.28. The molecule has 1 aromatic heterocycles. The molecule has 0 unspecified atom stereocenters. The third-order valence-electron chi connectivity index (χ3n) is 2.12. The van der Waals surface area contributed by atoms with Gasteiger partial charge in [0.1, 0.15) is 6.61 Å². The standard InChI is InChI=1S/C11H13N3O/c1-14-7-6-13-11(14)15-8-9-2-4-10(12)5-3-9/h2-7H,8,12H2,1H3. The number of nitrogen functional groups attached to an aromatic ring is 1. The van der Waals surface area contributed by atoms with Gasteiger partial charge in [-0.25, -0.2) is 4.98 Å². The Bertz CT molecular complexity index is 433. The number of imidazole rings is 1. The van der Waals surface area contributed by atoms with Crippen molar-refractivity contribution in [2.24, 2.45) is 7.05 Å². The zero-order valence-electron chi connectivity index (χ0n) is 8.55. The number of nitrogens with two attached hydrogens (primary N) is 1. The van der Waals surface area contributed by atoms with Gasteiger partial charge < -0.3 is 15.0 Å². The zero-order valence-corrected chi connectivity index (χ0v) is 8.55. The Morgan fingerprint density at radius 2 is 2.07 bits per heavy atom. The highest BCUT2D eigenvalue weighted by atomic mass is 16.5. The molecule has 4 nitrogen and oxygen atoms in total. The minimum Gasteiger partial charge on any atom is -0.460 e. The van der Waals surface area contributed by atoms with Crippen LogP contribution in [0.25, 0.3) is 0 Å². The van der Waals surface area contributed by atoms with Crippen molar-refractivity contribution in [3.05, 3.63) is 42.2 Å². The number of benzene rings is 1. The van der Waals surface area contributed by atoms with Crippen LogP contribution >= 0.6 is 0 Å². The van der Waals surface area contributed by atoms with E-state index in [9.17, 15) is 0 Å². The smallest absolute Gasteiger partial charge is 0.296 e. The Labute approximate surface area is 88.3 Å². The number of rotatable bonds is 3. The molecule has 0 radical (unpaired) electrons. The van der Waals surface area contributed by atoms with Crippen molar-refractivity contribution in [2.75, 3.05) is 5.73 Å². The second-order valence-corrected chi connectivity index (χ2v) is 3.35. The quantitative estimate of drug-likeness (QED) is 0.770. The third-order valence-corrected chi connectivity index (χ3v) is 2.12. The first-order valence-electron chi connectivity index (χ1n) is 4.70. The molecule has 78 valence electrons. The molecule has 1 aromatic carbocycles. The molecule has 15 heavy (non-hydrogen) atoms. The van der Waals surface area contributed by atoms with Crippen molar-refractivity contribution in [1.29, 1.82) is 0 Å². The fraction of sp³-hybridized carbons (Fsp3) is 0.182. The van der Waals surface area contributed by atoms with Gasteiger partial charge in [0.05, 0.1) is 0 Å². The van der Waals surface area contributed by atoms with Gasteiger partial charge in [0, 0.05) is 25.1 Å². The van der Waals surface area contributed by atoms with Crippen LogP contribution in [0.15, 0.2) is 36.7 Å². The monoisotopic (exact) mass is 203 g/mol. The number of hydrogen-bond donors (Lipinski definition) is 1. The van der Waals surface area contributed by atoms with Crippen molar-refractivity contribution in [3.63, 3.8) is 0 Å². The second kappa shape index (κ2) is 4.04. The Kier molecular flexibility index (Phi) is 2.58. The zero-order chi connectivity index (χ0) is 10.7. The first-order chi connectivity index (χ1) is 7.25. The van der Waals surface area contributed by atoms with Crippen LogP contribution in [0, 0.1) is 0 Å². The number of ether oxygens (including phenoxy) is 1. The Morgan fingerprint density at radius 1 is 1.33 bits per heavy atom. The van der Waals surface area contributed by atoms with Crippen molar-refractivity contribution in [2.45, 2.75) is 6.61 Å². The molecule has 2 aromatic rings. The van der Waals surface area contributed by atoms with E-state index in [-0.39, 0.29) is 0 Å².